The Balaban J connectivity index is 1.55. The van der Waals surface area contributed by atoms with E-state index in [1.165, 1.54) is 0 Å². The van der Waals surface area contributed by atoms with Gasteiger partial charge in [-0.25, -0.2) is 9.59 Å². The fraction of sp³-hybridized carbons (Fsp3) is 0.344. The van der Waals surface area contributed by atoms with Crippen molar-refractivity contribution in [3.63, 3.8) is 0 Å². The van der Waals surface area contributed by atoms with Crippen LogP contribution in [0.25, 0.3) is 0 Å². The van der Waals surface area contributed by atoms with Gasteiger partial charge in [0.1, 0.15) is 36.5 Å². The molecule has 0 heterocycles. The first kappa shape index (κ1) is 33.1. The molecular formula is C32H38N2O8S. The number of urea groups is 1. The van der Waals surface area contributed by atoms with Gasteiger partial charge in [-0.05, 0) is 65.9 Å². The van der Waals surface area contributed by atoms with Crippen LogP contribution in [-0.4, -0.2) is 57.1 Å². The van der Waals surface area contributed by atoms with Gasteiger partial charge < -0.3 is 34.3 Å². The van der Waals surface area contributed by atoms with Crippen LogP contribution in [0.3, 0.4) is 0 Å². The largest absolute Gasteiger partial charge is 0.497 e. The molecular weight excluding hydrogens is 572 g/mol. The second-order valence-electron chi connectivity index (χ2n) is 9.61. The maximum Gasteiger partial charge on any atom is 0.329 e. The number of amides is 2. The van der Waals surface area contributed by atoms with Crippen LogP contribution >= 0.6 is 12.6 Å². The van der Waals surface area contributed by atoms with E-state index < -0.39 is 30.1 Å². The molecule has 3 aromatic carbocycles. The SMILES string of the molecule is COc1ccc(COC(=O)CCC(Cc2ccc(OC)cc2)NC(=O)NC(CS)C(=O)OCc2ccc(OC)cc2)cc1. The van der Waals surface area contributed by atoms with Crippen LogP contribution in [-0.2, 0) is 38.7 Å². The summed E-state index contributed by atoms with van der Waals surface area (Å²) in [5.74, 6) is 1.14. The average Bonchev–Trinajstić information content (AvgIpc) is 3.04. The first-order valence-corrected chi connectivity index (χ1v) is 14.4. The monoisotopic (exact) mass is 610 g/mol. The smallest absolute Gasteiger partial charge is 0.329 e. The zero-order chi connectivity index (χ0) is 31.0. The van der Waals surface area contributed by atoms with Crippen LogP contribution in [0.5, 0.6) is 17.2 Å². The Morgan fingerprint density at radius 2 is 1.14 bits per heavy atom. The van der Waals surface area contributed by atoms with Gasteiger partial charge in [-0.2, -0.15) is 12.6 Å². The molecule has 0 bridgehead atoms. The summed E-state index contributed by atoms with van der Waals surface area (Å²) in [6.07, 6.45) is 0.835. The molecule has 0 radical (unpaired) electrons. The molecule has 2 amide bonds. The number of carbonyl (C=O) groups excluding carboxylic acids is 3. The summed E-state index contributed by atoms with van der Waals surface area (Å²) in [6, 6.07) is 19.8. The molecule has 3 rings (SSSR count). The quantitative estimate of drug-likeness (QED) is 0.160. The molecule has 2 N–H and O–H groups in total. The number of hydrogen-bond donors (Lipinski definition) is 3. The lowest BCUT2D eigenvalue weighted by atomic mass is 10.0. The minimum atomic E-state index is -0.974. The molecule has 0 aliphatic rings. The Bertz CT molecular complexity index is 1300. The van der Waals surface area contributed by atoms with Crippen LogP contribution in [0, 0.1) is 0 Å². The number of hydrogen-bond acceptors (Lipinski definition) is 9. The molecule has 0 aliphatic heterocycles. The number of carbonyl (C=O) groups is 3. The van der Waals surface area contributed by atoms with E-state index in [1.54, 1.807) is 57.7 Å². The summed E-state index contributed by atoms with van der Waals surface area (Å²) in [5, 5.41) is 5.52. The highest BCUT2D eigenvalue weighted by Gasteiger charge is 2.23. The van der Waals surface area contributed by atoms with Crippen molar-refractivity contribution in [1.29, 1.82) is 0 Å². The van der Waals surface area contributed by atoms with Crippen LogP contribution in [0.15, 0.2) is 72.8 Å². The molecule has 0 saturated heterocycles. The number of thiol groups is 1. The first-order valence-electron chi connectivity index (χ1n) is 13.7. The van der Waals surface area contributed by atoms with Gasteiger partial charge >= 0.3 is 18.0 Å². The Labute approximate surface area is 257 Å². The number of esters is 2. The third-order valence-electron chi connectivity index (χ3n) is 6.54. The molecule has 0 aliphatic carbocycles. The van der Waals surface area contributed by atoms with Crippen molar-refractivity contribution in [3.05, 3.63) is 89.5 Å². The van der Waals surface area contributed by atoms with Gasteiger partial charge in [-0.15, -0.1) is 0 Å². The molecule has 2 atom stereocenters. The Kier molecular flexibility index (Phi) is 13.5. The van der Waals surface area contributed by atoms with Crippen LogP contribution < -0.4 is 24.8 Å². The second kappa shape index (κ2) is 17.5. The zero-order valence-corrected chi connectivity index (χ0v) is 25.4. The van der Waals surface area contributed by atoms with E-state index >= 15 is 0 Å². The highest BCUT2D eigenvalue weighted by molar-refractivity contribution is 7.80. The minimum Gasteiger partial charge on any atom is -0.497 e. The maximum atomic E-state index is 12.9. The third-order valence-corrected chi connectivity index (χ3v) is 6.91. The van der Waals surface area contributed by atoms with E-state index in [4.69, 9.17) is 23.7 Å². The Hall–Kier alpha value is -4.38. The molecule has 0 aromatic heterocycles. The number of nitrogens with one attached hydrogen (secondary N) is 2. The molecule has 230 valence electrons. The van der Waals surface area contributed by atoms with Crippen molar-refractivity contribution in [3.8, 4) is 17.2 Å². The molecule has 0 saturated carbocycles. The first-order chi connectivity index (χ1) is 20.8. The maximum absolute atomic E-state index is 12.9. The highest BCUT2D eigenvalue weighted by atomic mass is 32.1. The molecule has 0 fully saturated rings. The molecule has 2 unspecified atom stereocenters. The van der Waals surface area contributed by atoms with E-state index in [1.807, 2.05) is 36.4 Å². The lowest BCUT2D eigenvalue weighted by molar-refractivity contribution is -0.146. The van der Waals surface area contributed by atoms with Crippen LogP contribution in [0.4, 0.5) is 4.79 Å². The molecule has 11 heteroatoms. The molecule has 0 spiro atoms. The van der Waals surface area contributed by atoms with Crippen molar-refractivity contribution in [2.45, 2.75) is 44.6 Å². The minimum absolute atomic E-state index is 0.0368. The van der Waals surface area contributed by atoms with Crippen LogP contribution in [0.2, 0.25) is 0 Å². The van der Waals surface area contributed by atoms with Gasteiger partial charge in [0.2, 0.25) is 0 Å². The van der Waals surface area contributed by atoms with Crippen molar-refractivity contribution in [2.24, 2.45) is 0 Å². The van der Waals surface area contributed by atoms with Gasteiger partial charge in [0, 0.05) is 18.2 Å². The van der Waals surface area contributed by atoms with Crippen LogP contribution in [0.1, 0.15) is 29.5 Å². The molecule has 10 nitrogen and oxygen atoms in total. The Morgan fingerprint density at radius 1 is 0.674 bits per heavy atom. The van der Waals surface area contributed by atoms with Gasteiger partial charge in [-0.1, -0.05) is 36.4 Å². The van der Waals surface area contributed by atoms with E-state index in [-0.39, 0.29) is 25.4 Å². The van der Waals surface area contributed by atoms with Gasteiger partial charge in [-0.3, -0.25) is 4.79 Å². The van der Waals surface area contributed by atoms with E-state index in [2.05, 4.69) is 23.3 Å². The fourth-order valence-corrected chi connectivity index (χ4v) is 4.30. The zero-order valence-electron chi connectivity index (χ0n) is 24.5. The highest BCUT2D eigenvalue weighted by Crippen LogP contribution is 2.16. The summed E-state index contributed by atoms with van der Waals surface area (Å²) in [4.78, 5) is 38.1. The van der Waals surface area contributed by atoms with Crippen molar-refractivity contribution in [1.82, 2.24) is 10.6 Å². The molecule has 3 aromatic rings. The normalized spacial score (nSPS) is 11.9. The van der Waals surface area contributed by atoms with E-state index in [0.717, 1.165) is 16.7 Å². The van der Waals surface area contributed by atoms with Crippen molar-refractivity contribution < 1.29 is 38.1 Å². The summed E-state index contributed by atoms with van der Waals surface area (Å²) < 4.78 is 26.3. The number of rotatable bonds is 16. The molecule has 43 heavy (non-hydrogen) atoms. The number of benzene rings is 3. The lowest BCUT2D eigenvalue weighted by Gasteiger charge is -2.22. The second-order valence-corrected chi connectivity index (χ2v) is 9.97. The summed E-state index contributed by atoms with van der Waals surface area (Å²) in [5.41, 5.74) is 2.54. The number of methoxy groups -OCH3 is 3. The van der Waals surface area contributed by atoms with Gasteiger partial charge in [0.05, 0.1) is 21.3 Å². The summed E-state index contributed by atoms with van der Waals surface area (Å²) >= 11 is 4.22. The van der Waals surface area contributed by atoms with Crippen molar-refractivity contribution in [2.75, 3.05) is 27.1 Å². The summed E-state index contributed by atoms with van der Waals surface area (Å²) in [7, 11) is 4.74. The number of ether oxygens (including phenoxy) is 5. The average molecular weight is 611 g/mol. The Morgan fingerprint density at radius 3 is 1.60 bits per heavy atom. The predicted octanol–water partition coefficient (Wildman–Crippen LogP) is 4.49. The third kappa shape index (κ3) is 11.4. The topological polar surface area (TPSA) is 121 Å². The predicted molar refractivity (Wildman–Crippen MR) is 165 cm³/mol. The van der Waals surface area contributed by atoms with Gasteiger partial charge in [0.25, 0.3) is 0 Å². The lowest BCUT2D eigenvalue weighted by Crippen LogP contribution is -2.50. The fourth-order valence-electron chi connectivity index (χ4n) is 4.06. The standard InChI is InChI=1S/C32H38N2O8S/c1-38-26-11-4-22(5-12-26)18-25(10-17-30(35)41-19-23-6-13-27(39-2)14-7-23)33-32(37)34-29(21-43)31(36)42-20-24-8-15-28(40-3)16-9-24/h4-9,11-16,25,29,43H,10,17-21H2,1-3H3,(H2,33,34,37). The van der Waals surface area contributed by atoms with Crippen molar-refractivity contribution >= 4 is 30.6 Å². The van der Waals surface area contributed by atoms with E-state index in [0.29, 0.717) is 30.1 Å². The van der Waals surface area contributed by atoms with Gasteiger partial charge in [0.15, 0.2) is 0 Å². The summed E-state index contributed by atoms with van der Waals surface area (Å²) in [6.45, 7) is 0.164. The van der Waals surface area contributed by atoms with E-state index in [9.17, 15) is 14.4 Å².